The van der Waals surface area contributed by atoms with E-state index in [0.29, 0.717) is 33.7 Å². The summed E-state index contributed by atoms with van der Waals surface area (Å²) in [6, 6.07) is 6.92. The number of ether oxygens (including phenoxy) is 1. The molecule has 0 saturated carbocycles. The number of rotatable bonds is 2. The second kappa shape index (κ2) is 6.87. The lowest BCUT2D eigenvalue weighted by molar-refractivity contribution is 0.0977. The number of benzene rings is 2. The first-order valence-electron chi connectivity index (χ1n) is 8.10. The monoisotopic (exact) mass is 325 g/mol. The second-order valence-electron chi connectivity index (χ2n) is 5.36. The molecular formula is C20H23NO3. The number of carbonyl (C=O) groups excluding carboxylic acids is 2. The first-order chi connectivity index (χ1) is 11.5. The summed E-state index contributed by atoms with van der Waals surface area (Å²) in [7, 11) is 3.28. The van der Waals surface area contributed by atoms with Crippen LogP contribution in [0.15, 0.2) is 24.3 Å². The largest absolute Gasteiger partial charge is 0.496 e. The molecule has 0 aliphatic heterocycles. The average Bonchev–Trinajstić information content (AvgIpc) is 2.63. The number of ketones is 2. The zero-order valence-corrected chi connectivity index (χ0v) is 15.0. The lowest BCUT2D eigenvalue weighted by Gasteiger charge is -2.25. The summed E-state index contributed by atoms with van der Waals surface area (Å²) >= 11 is 0. The maximum Gasteiger partial charge on any atom is 0.198 e. The standard InChI is InChI=1S/C18H17NO3.C2H6/c1-9-10(2)18(22-4)14-13(15(9)19-3)16(20)11-7-5-6-8-12(11)17(14)21;1-2/h5-8,19H,1-4H3;1-2H3. The van der Waals surface area contributed by atoms with E-state index in [1.165, 1.54) is 7.11 Å². The fourth-order valence-electron chi connectivity index (χ4n) is 3.13. The molecule has 0 spiro atoms. The van der Waals surface area contributed by atoms with Crippen LogP contribution in [-0.4, -0.2) is 25.7 Å². The van der Waals surface area contributed by atoms with E-state index < -0.39 is 0 Å². The Labute approximate surface area is 142 Å². The lowest BCUT2D eigenvalue weighted by Crippen LogP contribution is -2.24. The molecule has 24 heavy (non-hydrogen) atoms. The maximum atomic E-state index is 12.9. The van der Waals surface area contributed by atoms with Gasteiger partial charge < -0.3 is 10.1 Å². The molecule has 1 aliphatic carbocycles. The molecule has 0 amide bonds. The Bertz CT molecular complexity index is 754. The molecule has 3 rings (SSSR count). The zero-order valence-electron chi connectivity index (χ0n) is 15.0. The highest BCUT2D eigenvalue weighted by molar-refractivity contribution is 6.31. The highest BCUT2D eigenvalue weighted by atomic mass is 16.5. The van der Waals surface area contributed by atoms with Gasteiger partial charge in [-0.25, -0.2) is 0 Å². The summed E-state index contributed by atoms with van der Waals surface area (Å²) in [6.07, 6.45) is 0. The summed E-state index contributed by atoms with van der Waals surface area (Å²) in [4.78, 5) is 25.8. The smallest absolute Gasteiger partial charge is 0.198 e. The molecule has 0 atom stereocenters. The Morgan fingerprint density at radius 2 is 1.38 bits per heavy atom. The summed E-state index contributed by atoms with van der Waals surface area (Å²) in [5.41, 5.74) is 4.13. The lowest BCUT2D eigenvalue weighted by atomic mass is 9.80. The summed E-state index contributed by atoms with van der Waals surface area (Å²) in [5.74, 6) is 0.178. The van der Waals surface area contributed by atoms with Crippen LogP contribution in [0, 0.1) is 13.8 Å². The van der Waals surface area contributed by atoms with E-state index in [1.54, 1.807) is 31.3 Å². The predicted octanol–water partition coefficient (Wildman–Crippen LogP) is 4.16. The van der Waals surface area contributed by atoms with Crippen LogP contribution in [0.1, 0.15) is 56.8 Å². The van der Waals surface area contributed by atoms with Crippen molar-refractivity contribution in [3.8, 4) is 5.75 Å². The normalized spacial score (nSPS) is 11.9. The fourth-order valence-corrected chi connectivity index (χ4v) is 3.13. The van der Waals surface area contributed by atoms with Gasteiger partial charge in [0.05, 0.1) is 18.2 Å². The molecule has 2 aromatic rings. The van der Waals surface area contributed by atoms with Crippen LogP contribution in [0.3, 0.4) is 0 Å². The van der Waals surface area contributed by atoms with Crippen molar-refractivity contribution in [2.45, 2.75) is 27.7 Å². The van der Waals surface area contributed by atoms with E-state index in [9.17, 15) is 9.59 Å². The van der Waals surface area contributed by atoms with Crippen LogP contribution in [-0.2, 0) is 0 Å². The van der Waals surface area contributed by atoms with E-state index >= 15 is 0 Å². The third-order valence-corrected chi connectivity index (χ3v) is 4.33. The Morgan fingerprint density at radius 1 is 0.875 bits per heavy atom. The van der Waals surface area contributed by atoms with E-state index in [1.807, 2.05) is 27.7 Å². The number of methoxy groups -OCH3 is 1. The van der Waals surface area contributed by atoms with Crippen molar-refractivity contribution in [2.24, 2.45) is 0 Å². The molecule has 0 bridgehead atoms. The molecule has 0 saturated heterocycles. The highest BCUT2D eigenvalue weighted by Crippen LogP contribution is 2.41. The van der Waals surface area contributed by atoms with Crippen LogP contribution in [0.25, 0.3) is 0 Å². The van der Waals surface area contributed by atoms with Gasteiger partial charge in [-0.2, -0.15) is 0 Å². The molecule has 1 aliphatic rings. The molecule has 4 heteroatoms. The molecular weight excluding hydrogens is 302 g/mol. The predicted molar refractivity (Wildman–Crippen MR) is 96.7 cm³/mol. The minimum absolute atomic E-state index is 0.143. The van der Waals surface area contributed by atoms with Crippen molar-refractivity contribution in [2.75, 3.05) is 19.5 Å². The Hall–Kier alpha value is -2.62. The van der Waals surface area contributed by atoms with Gasteiger partial charge in [-0.15, -0.1) is 0 Å². The number of hydrogen-bond acceptors (Lipinski definition) is 4. The molecule has 4 nitrogen and oxygen atoms in total. The second-order valence-corrected chi connectivity index (χ2v) is 5.36. The number of fused-ring (bicyclic) bond motifs is 2. The summed E-state index contributed by atoms with van der Waals surface area (Å²) < 4.78 is 5.46. The molecule has 0 aromatic heterocycles. The van der Waals surface area contributed by atoms with Crippen LogP contribution in [0.4, 0.5) is 5.69 Å². The van der Waals surface area contributed by atoms with Gasteiger partial charge in [-0.3, -0.25) is 9.59 Å². The van der Waals surface area contributed by atoms with Gasteiger partial charge in [0, 0.05) is 23.9 Å². The van der Waals surface area contributed by atoms with Crippen molar-refractivity contribution < 1.29 is 14.3 Å². The highest BCUT2D eigenvalue weighted by Gasteiger charge is 2.36. The zero-order chi connectivity index (χ0) is 18.0. The average molecular weight is 325 g/mol. The third kappa shape index (κ3) is 2.39. The van der Waals surface area contributed by atoms with Crippen molar-refractivity contribution in [3.05, 3.63) is 57.6 Å². The molecule has 2 aromatic carbocycles. The van der Waals surface area contributed by atoms with Crippen LogP contribution < -0.4 is 10.1 Å². The van der Waals surface area contributed by atoms with Gasteiger partial charge in [0.25, 0.3) is 0 Å². The van der Waals surface area contributed by atoms with Gasteiger partial charge >= 0.3 is 0 Å². The maximum absolute atomic E-state index is 12.9. The number of hydrogen-bond donors (Lipinski definition) is 1. The molecule has 0 radical (unpaired) electrons. The van der Waals surface area contributed by atoms with Crippen LogP contribution >= 0.6 is 0 Å². The van der Waals surface area contributed by atoms with Gasteiger partial charge in [-0.05, 0) is 25.0 Å². The number of carbonyl (C=O) groups is 2. The summed E-state index contributed by atoms with van der Waals surface area (Å²) in [5, 5.41) is 3.07. The Balaban J connectivity index is 0.00000100. The third-order valence-electron chi connectivity index (χ3n) is 4.33. The van der Waals surface area contributed by atoms with Crippen LogP contribution in [0.5, 0.6) is 5.75 Å². The summed E-state index contributed by atoms with van der Waals surface area (Å²) in [6.45, 7) is 7.82. The molecule has 126 valence electrons. The van der Waals surface area contributed by atoms with E-state index in [4.69, 9.17) is 4.74 Å². The van der Waals surface area contributed by atoms with Gasteiger partial charge in [0.2, 0.25) is 0 Å². The van der Waals surface area contributed by atoms with Crippen molar-refractivity contribution in [1.82, 2.24) is 0 Å². The minimum atomic E-state index is -0.165. The number of anilines is 1. The van der Waals surface area contributed by atoms with E-state index in [0.717, 1.165) is 11.1 Å². The van der Waals surface area contributed by atoms with Gasteiger partial charge in [-0.1, -0.05) is 38.1 Å². The topological polar surface area (TPSA) is 55.4 Å². The Morgan fingerprint density at radius 3 is 1.83 bits per heavy atom. The first kappa shape index (κ1) is 17.7. The van der Waals surface area contributed by atoms with E-state index in [-0.39, 0.29) is 11.6 Å². The Kier molecular flexibility index (Phi) is 5.07. The SMILES string of the molecule is CC.CNc1c(C)c(C)c(OC)c2c1C(=O)c1ccccc1C2=O. The van der Waals surface area contributed by atoms with E-state index in [2.05, 4.69) is 5.32 Å². The molecule has 0 unspecified atom stereocenters. The minimum Gasteiger partial charge on any atom is -0.496 e. The molecule has 0 heterocycles. The molecule has 0 fully saturated rings. The fraction of sp³-hybridized carbons (Fsp3) is 0.300. The number of nitrogens with one attached hydrogen (secondary N) is 1. The van der Waals surface area contributed by atoms with Crippen molar-refractivity contribution in [3.63, 3.8) is 0 Å². The van der Waals surface area contributed by atoms with Crippen molar-refractivity contribution in [1.29, 1.82) is 0 Å². The van der Waals surface area contributed by atoms with Crippen molar-refractivity contribution >= 4 is 17.3 Å². The molecule has 1 N–H and O–H groups in total. The van der Waals surface area contributed by atoms with Gasteiger partial charge in [0.15, 0.2) is 11.6 Å². The first-order valence-corrected chi connectivity index (χ1v) is 8.10. The quantitative estimate of drug-likeness (QED) is 0.769. The van der Waals surface area contributed by atoms with Gasteiger partial charge in [0.1, 0.15) is 5.75 Å². The van der Waals surface area contributed by atoms with Crippen LogP contribution in [0.2, 0.25) is 0 Å².